The molecule has 0 radical (unpaired) electrons. The van der Waals surface area contributed by atoms with Crippen LogP contribution in [-0.4, -0.2) is 4.83 Å². The van der Waals surface area contributed by atoms with E-state index in [1.165, 1.54) is 11.1 Å². The zero-order valence-electron chi connectivity index (χ0n) is 11.6. The maximum absolute atomic E-state index is 3.84. The van der Waals surface area contributed by atoms with Gasteiger partial charge in [0.15, 0.2) is 0 Å². The van der Waals surface area contributed by atoms with E-state index in [0.717, 1.165) is 6.42 Å². The summed E-state index contributed by atoms with van der Waals surface area (Å²) in [4.78, 5) is 0.540. The van der Waals surface area contributed by atoms with Crippen LogP contribution in [0.1, 0.15) is 37.3 Å². The summed E-state index contributed by atoms with van der Waals surface area (Å²) < 4.78 is 0. The summed E-state index contributed by atoms with van der Waals surface area (Å²) in [6.07, 6.45) is 1.15. The summed E-state index contributed by atoms with van der Waals surface area (Å²) >= 11 is 3.84. The van der Waals surface area contributed by atoms with E-state index in [2.05, 4.69) is 90.4 Å². The molecule has 19 heavy (non-hydrogen) atoms. The molecular weight excluding hydrogens is 296 g/mol. The number of rotatable bonds is 5. The predicted octanol–water partition coefficient (Wildman–Crippen LogP) is 5.63. The van der Waals surface area contributed by atoms with Gasteiger partial charge in [-0.25, -0.2) is 0 Å². The standard InChI is InChI=1S/C18H21Br/c1-3-17(19)14(2)18(15-10-6-4-7-11-15)16-12-8-5-9-13-16/h4-14,17-18H,3H2,1-2H3. The van der Waals surface area contributed by atoms with Crippen LogP contribution in [-0.2, 0) is 0 Å². The molecule has 2 aromatic carbocycles. The molecule has 0 aromatic heterocycles. The van der Waals surface area contributed by atoms with E-state index in [4.69, 9.17) is 0 Å². The van der Waals surface area contributed by atoms with Crippen LogP contribution < -0.4 is 0 Å². The van der Waals surface area contributed by atoms with E-state index in [9.17, 15) is 0 Å². The zero-order chi connectivity index (χ0) is 13.7. The summed E-state index contributed by atoms with van der Waals surface area (Å²) in [5, 5.41) is 0. The Balaban J connectivity index is 2.40. The molecule has 2 aromatic rings. The maximum Gasteiger partial charge on any atom is 0.0177 e. The van der Waals surface area contributed by atoms with Crippen molar-refractivity contribution in [3.63, 3.8) is 0 Å². The van der Waals surface area contributed by atoms with E-state index in [-0.39, 0.29) is 0 Å². The van der Waals surface area contributed by atoms with Gasteiger partial charge in [0, 0.05) is 10.7 Å². The van der Waals surface area contributed by atoms with E-state index < -0.39 is 0 Å². The van der Waals surface area contributed by atoms with Gasteiger partial charge in [-0.2, -0.15) is 0 Å². The number of benzene rings is 2. The number of halogens is 1. The van der Waals surface area contributed by atoms with Crippen LogP contribution in [0.3, 0.4) is 0 Å². The minimum Gasteiger partial charge on any atom is -0.0888 e. The second-order valence-electron chi connectivity index (χ2n) is 5.08. The van der Waals surface area contributed by atoms with Gasteiger partial charge in [0.05, 0.1) is 0 Å². The summed E-state index contributed by atoms with van der Waals surface area (Å²) in [6, 6.07) is 21.7. The molecule has 1 heteroatoms. The van der Waals surface area contributed by atoms with Crippen LogP contribution in [0.25, 0.3) is 0 Å². The highest BCUT2D eigenvalue weighted by Gasteiger charge is 2.25. The number of alkyl halides is 1. The molecule has 0 nitrogen and oxygen atoms in total. The summed E-state index contributed by atoms with van der Waals surface area (Å²) in [5.41, 5.74) is 2.80. The first kappa shape index (κ1) is 14.3. The summed E-state index contributed by atoms with van der Waals surface area (Å²) in [6.45, 7) is 4.58. The minimum atomic E-state index is 0.451. The van der Waals surface area contributed by atoms with Crippen LogP contribution in [0.2, 0.25) is 0 Å². The molecule has 0 spiro atoms. The molecule has 100 valence electrons. The third-order valence-electron chi connectivity index (χ3n) is 3.80. The maximum atomic E-state index is 3.84. The van der Waals surface area contributed by atoms with E-state index in [1.54, 1.807) is 0 Å². The third kappa shape index (κ3) is 3.48. The Hall–Kier alpha value is -1.08. The third-order valence-corrected chi connectivity index (χ3v) is 5.29. The lowest BCUT2D eigenvalue weighted by Crippen LogP contribution is -2.20. The average Bonchev–Trinajstić information content (AvgIpc) is 2.49. The Morgan fingerprint density at radius 1 is 0.842 bits per heavy atom. The second-order valence-corrected chi connectivity index (χ2v) is 6.26. The Morgan fingerprint density at radius 2 is 1.26 bits per heavy atom. The lowest BCUT2D eigenvalue weighted by molar-refractivity contribution is 0.487. The molecule has 0 saturated carbocycles. The Bertz CT molecular complexity index is 438. The van der Waals surface area contributed by atoms with E-state index in [1.807, 2.05) is 0 Å². The van der Waals surface area contributed by atoms with Crippen LogP contribution in [0.15, 0.2) is 60.7 Å². The van der Waals surface area contributed by atoms with Crippen molar-refractivity contribution in [2.75, 3.05) is 0 Å². The highest BCUT2D eigenvalue weighted by molar-refractivity contribution is 9.09. The zero-order valence-corrected chi connectivity index (χ0v) is 13.2. The van der Waals surface area contributed by atoms with Gasteiger partial charge in [-0.15, -0.1) is 0 Å². The average molecular weight is 317 g/mol. The van der Waals surface area contributed by atoms with Crippen molar-refractivity contribution in [1.29, 1.82) is 0 Å². The van der Waals surface area contributed by atoms with Gasteiger partial charge in [0.25, 0.3) is 0 Å². The molecule has 2 unspecified atom stereocenters. The van der Waals surface area contributed by atoms with Crippen molar-refractivity contribution in [1.82, 2.24) is 0 Å². The molecule has 0 fully saturated rings. The molecule has 2 atom stereocenters. The fourth-order valence-electron chi connectivity index (χ4n) is 2.70. The van der Waals surface area contributed by atoms with Crippen molar-refractivity contribution in [2.24, 2.45) is 5.92 Å². The van der Waals surface area contributed by atoms with Crippen LogP contribution >= 0.6 is 15.9 Å². The first-order valence-corrected chi connectivity index (χ1v) is 7.89. The van der Waals surface area contributed by atoms with Gasteiger partial charge >= 0.3 is 0 Å². The molecule has 0 aliphatic rings. The Labute approximate surface area is 125 Å². The first-order valence-electron chi connectivity index (χ1n) is 6.98. The van der Waals surface area contributed by atoms with Crippen LogP contribution in [0.5, 0.6) is 0 Å². The van der Waals surface area contributed by atoms with Gasteiger partial charge in [-0.05, 0) is 23.5 Å². The summed E-state index contributed by atoms with van der Waals surface area (Å²) in [7, 11) is 0. The topological polar surface area (TPSA) is 0 Å². The van der Waals surface area contributed by atoms with Crippen molar-refractivity contribution in [3.8, 4) is 0 Å². The second kappa shape index (κ2) is 6.91. The molecule has 0 N–H and O–H groups in total. The molecule has 0 aliphatic carbocycles. The van der Waals surface area contributed by atoms with Crippen molar-refractivity contribution in [3.05, 3.63) is 71.8 Å². The fraction of sp³-hybridized carbons (Fsp3) is 0.333. The molecule has 0 heterocycles. The van der Waals surface area contributed by atoms with Crippen molar-refractivity contribution >= 4 is 15.9 Å². The molecule has 0 amide bonds. The van der Waals surface area contributed by atoms with Crippen LogP contribution in [0, 0.1) is 5.92 Å². The van der Waals surface area contributed by atoms with Crippen LogP contribution in [0.4, 0.5) is 0 Å². The Morgan fingerprint density at radius 3 is 1.63 bits per heavy atom. The molecule has 0 aliphatic heterocycles. The monoisotopic (exact) mass is 316 g/mol. The van der Waals surface area contributed by atoms with Gasteiger partial charge in [0.2, 0.25) is 0 Å². The lowest BCUT2D eigenvalue weighted by atomic mass is 9.79. The predicted molar refractivity (Wildman–Crippen MR) is 86.9 cm³/mol. The van der Waals surface area contributed by atoms with Crippen molar-refractivity contribution in [2.45, 2.75) is 31.0 Å². The molecular formula is C18H21Br. The SMILES string of the molecule is CCC(Br)C(C)C(c1ccccc1)c1ccccc1. The quantitative estimate of drug-likeness (QED) is 0.627. The smallest absolute Gasteiger partial charge is 0.0177 e. The largest absolute Gasteiger partial charge is 0.0888 e. The molecule has 0 bridgehead atoms. The highest BCUT2D eigenvalue weighted by Crippen LogP contribution is 2.36. The number of hydrogen-bond donors (Lipinski definition) is 0. The molecule has 0 saturated heterocycles. The minimum absolute atomic E-state index is 0.451. The van der Waals surface area contributed by atoms with Gasteiger partial charge in [-0.3, -0.25) is 0 Å². The highest BCUT2D eigenvalue weighted by atomic mass is 79.9. The van der Waals surface area contributed by atoms with E-state index in [0.29, 0.717) is 16.7 Å². The Kier molecular flexibility index (Phi) is 5.21. The fourth-order valence-corrected chi connectivity index (χ4v) is 3.01. The van der Waals surface area contributed by atoms with Gasteiger partial charge < -0.3 is 0 Å². The van der Waals surface area contributed by atoms with E-state index >= 15 is 0 Å². The first-order chi connectivity index (χ1) is 9.24. The lowest BCUT2D eigenvalue weighted by Gasteiger charge is -2.28. The number of hydrogen-bond acceptors (Lipinski definition) is 0. The summed E-state index contributed by atoms with van der Waals surface area (Å²) in [5.74, 6) is 1.02. The van der Waals surface area contributed by atoms with Gasteiger partial charge in [0.1, 0.15) is 0 Å². The molecule has 2 rings (SSSR count). The van der Waals surface area contributed by atoms with Gasteiger partial charge in [-0.1, -0.05) is 90.4 Å². The van der Waals surface area contributed by atoms with Crippen molar-refractivity contribution < 1.29 is 0 Å². The normalized spacial score (nSPS) is 14.3.